The van der Waals surface area contributed by atoms with Crippen LogP contribution >= 0.6 is 0 Å². The van der Waals surface area contributed by atoms with Gasteiger partial charge < -0.3 is 4.81 Å². The molecule has 0 fully saturated rings. The van der Waals surface area contributed by atoms with Gasteiger partial charge >= 0.3 is 0 Å². The fourth-order valence-electron chi connectivity index (χ4n) is 0.998. The first-order valence-corrected chi connectivity index (χ1v) is 4.01. The first-order chi connectivity index (χ1) is 4.36. The van der Waals surface area contributed by atoms with E-state index in [1.54, 1.807) is 0 Å². The maximum absolute atomic E-state index is 2.32. The van der Waals surface area contributed by atoms with Gasteiger partial charge in [-0.05, 0) is 25.3 Å². The SMILES string of the molecule is CC(C)C(C)(C)BN(C)C. The first kappa shape index (κ1) is 10.0. The molecule has 0 atom stereocenters. The van der Waals surface area contributed by atoms with Crippen molar-refractivity contribution in [3.8, 4) is 0 Å². The number of hydrogen-bond donors (Lipinski definition) is 0. The third kappa shape index (κ3) is 3.26. The van der Waals surface area contributed by atoms with Gasteiger partial charge in [0, 0.05) is 0 Å². The second kappa shape index (κ2) is 3.43. The summed E-state index contributed by atoms with van der Waals surface area (Å²) in [5.74, 6) is 0.759. The van der Waals surface area contributed by atoms with Crippen LogP contribution in [0, 0.1) is 5.92 Å². The molecule has 0 aliphatic rings. The summed E-state index contributed by atoms with van der Waals surface area (Å²) in [6.07, 6.45) is 0. The van der Waals surface area contributed by atoms with E-state index in [0.29, 0.717) is 5.31 Å². The molecule has 10 heavy (non-hydrogen) atoms. The monoisotopic (exact) mass is 141 g/mol. The molecule has 60 valence electrons. The molecule has 0 aromatic rings. The maximum atomic E-state index is 2.32. The average molecular weight is 141 g/mol. The van der Waals surface area contributed by atoms with E-state index < -0.39 is 0 Å². The lowest BCUT2D eigenvalue weighted by atomic mass is 9.56. The van der Waals surface area contributed by atoms with Crippen molar-refractivity contribution >= 4 is 7.41 Å². The maximum Gasteiger partial charge on any atom is 0.209 e. The Kier molecular flexibility index (Phi) is 3.43. The van der Waals surface area contributed by atoms with Crippen molar-refractivity contribution in [2.24, 2.45) is 5.92 Å². The lowest BCUT2D eigenvalue weighted by Crippen LogP contribution is -2.31. The predicted octanol–water partition coefficient (Wildman–Crippen LogP) is 1.75. The largest absolute Gasteiger partial charge is 0.350 e. The van der Waals surface area contributed by atoms with Gasteiger partial charge in [-0.25, -0.2) is 0 Å². The van der Waals surface area contributed by atoms with Crippen LogP contribution in [0.1, 0.15) is 27.7 Å². The van der Waals surface area contributed by atoms with Gasteiger partial charge in [0.05, 0.1) is 0 Å². The Labute approximate surface area is 66.1 Å². The van der Waals surface area contributed by atoms with E-state index in [1.807, 2.05) is 0 Å². The molecule has 2 heteroatoms. The molecule has 0 saturated heterocycles. The van der Waals surface area contributed by atoms with Gasteiger partial charge in [0.25, 0.3) is 0 Å². The number of hydrogen-bond acceptors (Lipinski definition) is 1. The minimum atomic E-state index is 0.448. The van der Waals surface area contributed by atoms with Gasteiger partial charge in [0.15, 0.2) is 0 Å². The van der Waals surface area contributed by atoms with Gasteiger partial charge in [-0.3, -0.25) is 0 Å². The van der Waals surface area contributed by atoms with Gasteiger partial charge in [-0.15, -0.1) is 0 Å². The van der Waals surface area contributed by atoms with E-state index in [9.17, 15) is 0 Å². The molecule has 0 rings (SSSR count). The van der Waals surface area contributed by atoms with E-state index >= 15 is 0 Å². The Bertz CT molecular complexity index is 97.4. The quantitative estimate of drug-likeness (QED) is 0.541. The Balaban J connectivity index is 3.87. The molecule has 0 aliphatic heterocycles. The van der Waals surface area contributed by atoms with Crippen LogP contribution < -0.4 is 0 Å². The summed E-state index contributed by atoms with van der Waals surface area (Å²) >= 11 is 0. The van der Waals surface area contributed by atoms with Crippen molar-refractivity contribution in [2.45, 2.75) is 33.0 Å². The van der Waals surface area contributed by atoms with Crippen LogP contribution in [0.3, 0.4) is 0 Å². The molecule has 0 amide bonds. The normalized spacial score (nSPS) is 12.8. The number of rotatable bonds is 3. The van der Waals surface area contributed by atoms with Gasteiger partial charge in [0.1, 0.15) is 0 Å². The molecule has 0 spiro atoms. The van der Waals surface area contributed by atoms with E-state index in [2.05, 4.69) is 46.6 Å². The Hall–Kier alpha value is 0.0249. The molecule has 0 radical (unpaired) electrons. The molecular formula is C8H20BN. The van der Waals surface area contributed by atoms with Crippen LogP contribution in [0.15, 0.2) is 0 Å². The molecular weight excluding hydrogens is 121 g/mol. The van der Waals surface area contributed by atoms with Crippen LogP contribution in [-0.4, -0.2) is 26.3 Å². The Morgan fingerprint density at radius 3 is 1.70 bits per heavy atom. The molecule has 0 heterocycles. The van der Waals surface area contributed by atoms with Gasteiger partial charge in [-0.1, -0.05) is 27.7 Å². The lowest BCUT2D eigenvalue weighted by molar-refractivity contribution is 0.446. The van der Waals surface area contributed by atoms with E-state index in [1.165, 1.54) is 7.41 Å². The van der Waals surface area contributed by atoms with Crippen LogP contribution in [0.4, 0.5) is 0 Å². The van der Waals surface area contributed by atoms with Crippen LogP contribution in [0.25, 0.3) is 0 Å². The number of nitrogens with zero attached hydrogens (tertiary/aromatic N) is 1. The summed E-state index contributed by atoms with van der Waals surface area (Å²) in [6.45, 7) is 9.20. The summed E-state index contributed by atoms with van der Waals surface area (Å²) in [6, 6.07) is 0. The van der Waals surface area contributed by atoms with Crippen molar-refractivity contribution in [1.82, 2.24) is 4.81 Å². The fraction of sp³-hybridized carbons (Fsp3) is 1.00. The Morgan fingerprint density at radius 2 is 1.60 bits per heavy atom. The molecule has 1 nitrogen and oxygen atoms in total. The zero-order valence-corrected chi connectivity index (χ0v) is 8.23. The van der Waals surface area contributed by atoms with E-state index in [0.717, 1.165) is 5.92 Å². The fourth-order valence-corrected chi connectivity index (χ4v) is 0.998. The van der Waals surface area contributed by atoms with Crippen LogP contribution in [0.5, 0.6) is 0 Å². The standard InChI is InChI=1S/C8H20BN/c1-7(2)8(3,4)9-10(5)6/h7,9H,1-6H3. The lowest BCUT2D eigenvalue weighted by Gasteiger charge is -2.30. The first-order valence-electron chi connectivity index (χ1n) is 4.01. The molecule has 0 saturated carbocycles. The summed E-state index contributed by atoms with van der Waals surface area (Å²) in [7, 11) is 5.43. The second-order valence-corrected chi connectivity index (χ2v) is 4.38. The molecule has 0 aromatic carbocycles. The summed E-state index contributed by atoms with van der Waals surface area (Å²) in [4.78, 5) is 2.25. The van der Waals surface area contributed by atoms with Gasteiger partial charge in [-0.2, -0.15) is 0 Å². The van der Waals surface area contributed by atoms with Crippen LogP contribution in [0.2, 0.25) is 5.31 Å². The highest BCUT2D eigenvalue weighted by molar-refractivity contribution is 6.36. The van der Waals surface area contributed by atoms with E-state index in [4.69, 9.17) is 0 Å². The highest BCUT2D eigenvalue weighted by Gasteiger charge is 2.24. The Morgan fingerprint density at radius 1 is 1.20 bits per heavy atom. The molecule has 0 N–H and O–H groups in total. The molecule has 0 unspecified atom stereocenters. The third-order valence-corrected chi connectivity index (χ3v) is 2.29. The van der Waals surface area contributed by atoms with Gasteiger partial charge in [0.2, 0.25) is 7.41 Å². The second-order valence-electron chi connectivity index (χ2n) is 4.38. The predicted molar refractivity (Wildman–Crippen MR) is 49.7 cm³/mol. The summed E-state index contributed by atoms with van der Waals surface area (Å²) < 4.78 is 0. The smallest absolute Gasteiger partial charge is 0.209 e. The molecule has 0 bridgehead atoms. The third-order valence-electron chi connectivity index (χ3n) is 2.29. The highest BCUT2D eigenvalue weighted by atomic mass is 15.0. The topological polar surface area (TPSA) is 3.24 Å². The van der Waals surface area contributed by atoms with Crippen molar-refractivity contribution in [2.75, 3.05) is 14.1 Å². The average Bonchev–Trinajstić information content (AvgIpc) is 1.60. The van der Waals surface area contributed by atoms with Crippen LogP contribution in [-0.2, 0) is 0 Å². The minimum Gasteiger partial charge on any atom is -0.350 e. The molecule has 0 aromatic heterocycles. The van der Waals surface area contributed by atoms with Crippen molar-refractivity contribution in [3.63, 3.8) is 0 Å². The summed E-state index contributed by atoms with van der Waals surface area (Å²) in [5, 5.41) is 0.448. The van der Waals surface area contributed by atoms with Crippen molar-refractivity contribution < 1.29 is 0 Å². The van der Waals surface area contributed by atoms with E-state index in [-0.39, 0.29) is 0 Å². The minimum absolute atomic E-state index is 0.448. The van der Waals surface area contributed by atoms with Crippen molar-refractivity contribution in [3.05, 3.63) is 0 Å². The zero-order chi connectivity index (χ0) is 8.36. The highest BCUT2D eigenvalue weighted by Crippen LogP contribution is 2.32. The zero-order valence-electron chi connectivity index (χ0n) is 8.23. The summed E-state index contributed by atoms with van der Waals surface area (Å²) in [5.41, 5.74) is 0. The van der Waals surface area contributed by atoms with Crippen molar-refractivity contribution in [1.29, 1.82) is 0 Å². The molecule has 0 aliphatic carbocycles.